The molecule has 0 radical (unpaired) electrons. The van der Waals surface area contributed by atoms with Gasteiger partial charge < -0.3 is 4.90 Å². The van der Waals surface area contributed by atoms with Crippen molar-refractivity contribution >= 4 is 11.6 Å². The summed E-state index contributed by atoms with van der Waals surface area (Å²) in [6.45, 7) is 0. The lowest BCUT2D eigenvalue weighted by Crippen LogP contribution is -2.36. The van der Waals surface area contributed by atoms with Crippen LogP contribution in [0.2, 0.25) is 0 Å². The van der Waals surface area contributed by atoms with Crippen LogP contribution in [0.15, 0.2) is 18.3 Å². The number of carbonyl (C=O) groups excluding carboxylic acids is 1. The topological polar surface area (TPSA) is 33.2 Å². The number of carbonyl (C=O) groups is 1. The van der Waals surface area contributed by atoms with Gasteiger partial charge in [0.05, 0.1) is 16.8 Å². The van der Waals surface area contributed by atoms with Gasteiger partial charge in [-0.25, -0.2) is 0 Å². The van der Waals surface area contributed by atoms with Crippen LogP contribution < -0.4 is 4.90 Å². The minimum absolute atomic E-state index is 0.244. The molecule has 0 unspecified atom stereocenters. The normalized spacial score (nSPS) is 22.5. The van der Waals surface area contributed by atoms with Gasteiger partial charge in [-0.05, 0) is 25.0 Å². The lowest BCUT2D eigenvalue weighted by Gasteiger charge is -2.20. The number of rotatable bonds is 0. The van der Waals surface area contributed by atoms with Gasteiger partial charge >= 0.3 is 0 Å². The van der Waals surface area contributed by atoms with Crippen LogP contribution in [-0.2, 0) is 10.2 Å². The molecule has 1 saturated carbocycles. The highest BCUT2D eigenvalue weighted by Crippen LogP contribution is 2.49. The summed E-state index contributed by atoms with van der Waals surface area (Å²) in [5.74, 6) is 0.244. The number of aromatic nitrogens is 1. The lowest BCUT2D eigenvalue weighted by atomic mass is 9.83. The number of likely N-dealkylation sites (N-methyl/N-ethyl adjacent to an activating group) is 1. The predicted octanol–water partition coefficient (Wildman–Crippen LogP) is 1.87. The molecule has 0 bridgehead atoms. The molecule has 3 nitrogen and oxygen atoms in total. The molecule has 78 valence electrons. The highest BCUT2D eigenvalue weighted by atomic mass is 16.2. The van der Waals surface area contributed by atoms with E-state index in [2.05, 4.69) is 4.98 Å². The number of amides is 1. The monoisotopic (exact) mass is 202 g/mol. The van der Waals surface area contributed by atoms with Crippen LogP contribution in [0.5, 0.6) is 0 Å². The predicted molar refractivity (Wildman–Crippen MR) is 57.8 cm³/mol. The maximum absolute atomic E-state index is 12.3. The van der Waals surface area contributed by atoms with E-state index in [4.69, 9.17) is 0 Å². The molecule has 1 fully saturated rings. The molecule has 1 aromatic heterocycles. The zero-order chi connectivity index (χ0) is 10.5. The second-order valence-corrected chi connectivity index (χ2v) is 4.52. The van der Waals surface area contributed by atoms with Gasteiger partial charge in [-0.2, -0.15) is 0 Å². The summed E-state index contributed by atoms with van der Waals surface area (Å²) < 4.78 is 0. The van der Waals surface area contributed by atoms with E-state index in [0.717, 1.165) is 37.1 Å². The third-order valence-corrected chi connectivity index (χ3v) is 3.77. The maximum Gasteiger partial charge on any atom is 0.239 e. The minimum atomic E-state index is -0.272. The Kier molecular flexibility index (Phi) is 1.67. The number of hydrogen-bond donors (Lipinski definition) is 0. The molecule has 0 aromatic carbocycles. The molecule has 1 aromatic rings. The van der Waals surface area contributed by atoms with Crippen molar-refractivity contribution in [2.75, 3.05) is 11.9 Å². The number of pyridine rings is 1. The van der Waals surface area contributed by atoms with Crippen LogP contribution in [0.1, 0.15) is 31.4 Å². The van der Waals surface area contributed by atoms with Gasteiger partial charge in [0.2, 0.25) is 5.91 Å². The van der Waals surface area contributed by atoms with E-state index in [1.54, 1.807) is 11.1 Å². The van der Waals surface area contributed by atoms with Crippen molar-refractivity contribution in [3.8, 4) is 0 Å². The molecule has 2 heterocycles. The second kappa shape index (κ2) is 2.81. The minimum Gasteiger partial charge on any atom is -0.313 e. The van der Waals surface area contributed by atoms with Crippen molar-refractivity contribution in [3.05, 3.63) is 24.0 Å². The van der Waals surface area contributed by atoms with Crippen molar-refractivity contribution in [1.29, 1.82) is 0 Å². The van der Waals surface area contributed by atoms with Crippen molar-refractivity contribution in [2.45, 2.75) is 31.1 Å². The first-order chi connectivity index (χ1) is 7.26. The highest BCUT2D eigenvalue weighted by molar-refractivity contribution is 6.07. The maximum atomic E-state index is 12.3. The molecular weight excluding hydrogens is 188 g/mol. The van der Waals surface area contributed by atoms with Crippen molar-refractivity contribution < 1.29 is 4.79 Å². The van der Waals surface area contributed by atoms with E-state index in [1.807, 2.05) is 19.2 Å². The number of anilines is 1. The smallest absolute Gasteiger partial charge is 0.239 e. The van der Waals surface area contributed by atoms with Gasteiger partial charge in [-0.15, -0.1) is 0 Å². The second-order valence-electron chi connectivity index (χ2n) is 4.52. The van der Waals surface area contributed by atoms with Gasteiger partial charge in [0.25, 0.3) is 0 Å². The fourth-order valence-corrected chi connectivity index (χ4v) is 3.00. The molecule has 0 atom stereocenters. The lowest BCUT2D eigenvalue weighted by molar-refractivity contribution is -0.122. The zero-order valence-electron chi connectivity index (χ0n) is 8.86. The molecular formula is C12H14N2O. The summed E-state index contributed by atoms with van der Waals surface area (Å²) in [5, 5.41) is 0. The van der Waals surface area contributed by atoms with Crippen molar-refractivity contribution in [3.63, 3.8) is 0 Å². The molecule has 2 aliphatic rings. The summed E-state index contributed by atoms with van der Waals surface area (Å²) in [6.07, 6.45) is 6.04. The zero-order valence-corrected chi connectivity index (χ0v) is 8.86. The first kappa shape index (κ1) is 8.89. The number of hydrogen-bond acceptors (Lipinski definition) is 2. The Morgan fingerprint density at radius 2 is 2.13 bits per heavy atom. The van der Waals surface area contributed by atoms with Crippen LogP contribution >= 0.6 is 0 Å². The molecule has 1 spiro atoms. The summed E-state index contributed by atoms with van der Waals surface area (Å²) in [6, 6.07) is 3.89. The van der Waals surface area contributed by atoms with E-state index in [0.29, 0.717) is 0 Å². The molecule has 15 heavy (non-hydrogen) atoms. The fourth-order valence-electron chi connectivity index (χ4n) is 3.00. The first-order valence-electron chi connectivity index (χ1n) is 5.49. The fraction of sp³-hybridized carbons (Fsp3) is 0.500. The van der Waals surface area contributed by atoms with Crippen molar-refractivity contribution in [2.24, 2.45) is 0 Å². The standard InChI is InChI=1S/C12H14N2O/c1-14-9-5-4-8-13-10(9)12(11(14)15)6-2-3-7-12/h4-5,8H,2-3,6-7H2,1H3. The Morgan fingerprint density at radius 3 is 2.87 bits per heavy atom. The summed E-state index contributed by atoms with van der Waals surface area (Å²) in [5.41, 5.74) is 1.74. The largest absolute Gasteiger partial charge is 0.313 e. The summed E-state index contributed by atoms with van der Waals surface area (Å²) >= 11 is 0. The number of nitrogens with zero attached hydrogens (tertiary/aromatic N) is 2. The van der Waals surface area contributed by atoms with Gasteiger partial charge in [0.1, 0.15) is 0 Å². The molecule has 1 aliphatic heterocycles. The van der Waals surface area contributed by atoms with Gasteiger partial charge in [0.15, 0.2) is 0 Å². The summed E-state index contributed by atoms with van der Waals surface area (Å²) in [4.78, 5) is 18.5. The van der Waals surface area contributed by atoms with Crippen LogP contribution in [0.3, 0.4) is 0 Å². The third-order valence-electron chi connectivity index (χ3n) is 3.77. The Labute approximate surface area is 89.1 Å². The molecule has 3 rings (SSSR count). The average molecular weight is 202 g/mol. The van der Waals surface area contributed by atoms with Crippen LogP contribution in [0.25, 0.3) is 0 Å². The quantitative estimate of drug-likeness (QED) is 0.643. The van der Waals surface area contributed by atoms with Crippen LogP contribution in [0.4, 0.5) is 5.69 Å². The van der Waals surface area contributed by atoms with Gasteiger partial charge in [-0.3, -0.25) is 9.78 Å². The average Bonchev–Trinajstić information content (AvgIpc) is 2.83. The first-order valence-corrected chi connectivity index (χ1v) is 5.49. The highest BCUT2D eigenvalue weighted by Gasteiger charge is 2.52. The molecule has 1 amide bonds. The van der Waals surface area contributed by atoms with E-state index >= 15 is 0 Å². The van der Waals surface area contributed by atoms with E-state index in [-0.39, 0.29) is 11.3 Å². The molecule has 1 aliphatic carbocycles. The molecule has 0 saturated heterocycles. The Bertz CT molecular complexity index is 421. The third kappa shape index (κ3) is 0.954. The van der Waals surface area contributed by atoms with E-state index in [1.165, 1.54) is 0 Å². The number of fused-ring (bicyclic) bond motifs is 2. The molecule has 3 heteroatoms. The SMILES string of the molecule is CN1C(=O)C2(CCCC2)c2ncccc21. The van der Waals surface area contributed by atoms with Crippen molar-refractivity contribution in [1.82, 2.24) is 4.98 Å². The molecule has 0 N–H and O–H groups in total. The Balaban J connectivity index is 2.22. The van der Waals surface area contributed by atoms with Crippen LogP contribution in [-0.4, -0.2) is 17.9 Å². The Hall–Kier alpha value is -1.38. The van der Waals surface area contributed by atoms with Crippen LogP contribution in [0, 0.1) is 0 Å². The van der Waals surface area contributed by atoms with Gasteiger partial charge in [-0.1, -0.05) is 12.8 Å². The Morgan fingerprint density at radius 1 is 1.40 bits per heavy atom. The van der Waals surface area contributed by atoms with Gasteiger partial charge in [0, 0.05) is 13.2 Å². The summed E-state index contributed by atoms with van der Waals surface area (Å²) in [7, 11) is 1.86. The van der Waals surface area contributed by atoms with E-state index in [9.17, 15) is 4.79 Å². The van der Waals surface area contributed by atoms with E-state index < -0.39 is 0 Å².